The third-order valence-corrected chi connectivity index (χ3v) is 2.40. The highest BCUT2D eigenvalue weighted by Crippen LogP contribution is 2.44. The van der Waals surface area contributed by atoms with E-state index in [1.807, 2.05) is 19.9 Å². The molecule has 1 aliphatic carbocycles. The second-order valence-corrected chi connectivity index (χ2v) is 2.83. The van der Waals surface area contributed by atoms with Crippen molar-refractivity contribution in [2.45, 2.75) is 32.2 Å². The van der Waals surface area contributed by atoms with E-state index in [0.29, 0.717) is 12.8 Å². The first-order valence-electron chi connectivity index (χ1n) is 4.02. The molecule has 0 aliphatic heterocycles. The molecule has 12 heavy (non-hydrogen) atoms. The summed E-state index contributed by atoms with van der Waals surface area (Å²) in [6.45, 7) is 3.76. The van der Waals surface area contributed by atoms with Crippen molar-refractivity contribution in [3.05, 3.63) is 16.4 Å². The molecule has 0 amide bonds. The third-order valence-electron chi connectivity index (χ3n) is 2.40. The molecule has 0 heterocycles. The van der Waals surface area contributed by atoms with E-state index in [2.05, 4.69) is 0 Å². The second kappa shape index (κ2) is 2.87. The predicted molar refractivity (Wildman–Crippen MR) is 42.1 cm³/mol. The molecule has 66 valence electrons. The Kier molecular flexibility index (Phi) is 2.20. The maximum Gasteiger partial charge on any atom is 0.258 e. The second-order valence-electron chi connectivity index (χ2n) is 2.83. The molecule has 0 aromatic heterocycles. The molecule has 0 saturated carbocycles. The fraction of sp³-hybridized carbons (Fsp3) is 0.625. The Hall–Kier alpha value is -0.890. The zero-order valence-electron chi connectivity index (χ0n) is 7.22. The molecule has 1 atom stereocenters. The van der Waals surface area contributed by atoms with Crippen molar-refractivity contribution in [3.63, 3.8) is 0 Å². The van der Waals surface area contributed by atoms with E-state index in [4.69, 9.17) is 10.5 Å². The van der Waals surface area contributed by atoms with Gasteiger partial charge >= 0.3 is 0 Å². The average Bonchev–Trinajstić information content (AvgIpc) is 2.72. The van der Waals surface area contributed by atoms with E-state index in [1.165, 1.54) is 0 Å². The first-order chi connectivity index (χ1) is 5.65. The van der Waals surface area contributed by atoms with E-state index in [1.54, 1.807) is 0 Å². The number of hydroxylamine groups is 2. The number of nitrogens with zero attached hydrogens (tertiary/aromatic N) is 1. The molecule has 0 aromatic rings. The van der Waals surface area contributed by atoms with Crippen molar-refractivity contribution in [1.29, 1.82) is 5.26 Å². The highest BCUT2D eigenvalue weighted by Gasteiger charge is 2.59. The van der Waals surface area contributed by atoms with Gasteiger partial charge in [-0.05, 0) is 12.8 Å². The van der Waals surface area contributed by atoms with Crippen LogP contribution in [-0.2, 0) is 0 Å². The van der Waals surface area contributed by atoms with Gasteiger partial charge in [0.25, 0.3) is 5.54 Å². The fourth-order valence-electron chi connectivity index (χ4n) is 1.79. The summed E-state index contributed by atoms with van der Waals surface area (Å²) in [6, 6.07) is 1.88. The molecule has 0 bridgehead atoms. The van der Waals surface area contributed by atoms with Gasteiger partial charge in [0, 0.05) is 11.1 Å². The minimum absolute atomic E-state index is 0.670. The summed E-state index contributed by atoms with van der Waals surface area (Å²) in [5.41, 5.74) is 0.392. The fourth-order valence-corrected chi connectivity index (χ4v) is 1.79. The summed E-state index contributed by atoms with van der Waals surface area (Å²) in [5, 5.41) is 27.4. The monoisotopic (exact) mass is 168 g/mol. The lowest BCUT2D eigenvalue weighted by molar-refractivity contribution is -1.07. The molecule has 1 unspecified atom stereocenters. The Bertz CT molecular complexity index is 249. The van der Waals surface area contributed by atoms with Crippen molar-refractivity contribution in [3.8, 4) is 6.07 Å². The average molecular weight is 168 g/mol. The number of quaternary nitrogens is 1. The summed E-state index contributed by atoms with van der Waals surface area (Å²) in [7, 11) is 0. The Balaban J connectivity index is 2.87. The highest BCUT2D eigenvalue weighted by atomic mass is 16.8. The Morgan fingerprint density at radius 2 is 1.92 bits per heavy atom. The van der Waals surface area contributed by atoms with Crippen LogP contribution in [0.5, 0.6) is 0 Å². The van der Waals surface area contributed by atoms with Crippen molar-refractivity contribution in [2.75, 3.05) is 0 Å². The van der Waals surface area contributed by atoms with Crippen molar-refractivity contribution < 1.29 is 10.4 Å². The van der Waals surface area contributed by atoms with E-state index in [-0.39, 0.29) is 0 Å². The largest absolute Gasteiger partial charge is 0.598 e. The minimum Gasteiger partial charge on any atom is -0.598 e. The SMILES string of the molecule is CCC1=C(CC)C1(C#N)[NH+]([O-])O. The highest BCUT2D eigenvalue weighted by molar-refractivity contribution is 5.58. The maximum atomic E-state index is 10.8. The molecule has 0 saturated heterocycles. The molecule has 1 aliphatic rings. The van der Waals surface area contributed by atoms with Crippen LogP contribution in [0.3, 0.4) is 0 Å². The molecule has 0 aromatic carbocycles. The maximum absolute atomic E-state index is 10.8. The lowest BCUT2D eigenvalue weighted by Gasteiger charge is -2.20. The van der Waals surface area contributed by atoms with Crippen LogP contribution in [-0.4, -0.2) is 10.7 Å². The molecule has 0 fully saturated rings. The van der Waals surface area contributed by atoms with Gasteiger partial charge in [-0.15, -0.1) is 0 Å². The quantitative estimate of drug-likeness (QED) is 0.465. The van der Waals surface area contributed by atoms with Crippen LogP contribution in [0.1, 0.15) is 26.7 Å². The minimum atomic E-state index is -1.22. The molecule has 1 rings (SSSR count). The van der Waals surface area contributed by atoms with Crippen molar-refractivity contribution >= 4 is 0 Å². The number of rotatable bonds is 3. The van der Waals surface area contributed by atoms with Crippen LogP contribution >= 0.6 is 0 Å². The summed E-state index contributed by atoms with van der Waals surface area (Å²) in [4.78, 5) is 0. The number of nitrogens with one attached hydrogen (secondary N) is 1. The van der Waals surface area contributed by atoms with Crippen LogP contribution < -0.4 is 5.23 Å². The van der Waals surface area contributed by atoms with E-state index < -0.39 is 10.8 Å². The Morgan fingerprint density at radius 1 is 1.50 bits per heavy atom. The van der Waals surface area contributed by atoms with E-state index >= 15 is 0 Å². The normalized spacial score (nSPS) is 21.9. The number of hydrogen-bond acceptors (Lipinski definition) is 3. The van der Waals surface area contributed by atoms with Crippen molar-refractivity contribution in [2.24, 2.45) is 0 Å². The number of hydrogen-bond donors (Lipinski definition) is 2. The zero-order valence-corrected chi connectivity index (χ0v) is 7.22. The molecule has 0 radical (unpaired) electrons. The first-order valence-corrected chi connectivity index (χ1v) is 4.02. The van der Waals surface area contributed by atoms with Gasteiger partial charge in [-0.2, -0.15) is 5.26 Å². The van der Waals surface area contributed by atoms with Gasteiger partial charge < -0.3 is 5.21 Å². The molecule has 4 heteroatoms. The van der Waals surface area contributed by atoms with Gasteiger partial charge in [-0.25, -0.2) is 10.4 Å². The summed E-state index contributed by atoms with van der Waals surface area (Å²) in [5.74, 6) is 0. The Morgan fingerprint density at radius 3 is 2.00 bits per heavy atom. The van der Waals surface area contributed by atoms with Gasteiger partial charge in [-0.3, -0.25) is 0 Å². The molecule has 2 N–H and O–H groups in total. The van der Waals surface area contributed by atoms with Crippen LogP contribution in [0, 0.1) is 16.5 Å². The van der Waals surface area contributed by atoms with Crippen LogP contribution in [0.4, 0.5) is 0 Å². The van der Waals surface area contributed by atoms with Gasteiger partial charge in [0.2, 0.25) is 0 Å². The van der Waals surface area contributed by atoms with Gasteiger partial charge in [0.1, 0.15) is 6.07 Å². The molecular formula is C8H12N2O2. The van der Waals surface area contributed by atoms with E-state index in [9.17, 15) is 5.21 Å². The van der Waals surface area contributed by atoms with Gasteiger partial charge in [-0.1, -0.05) is 13.8 Å². The number of nitriles is 1. The summed E-state index contributed by atoms with van der Waals surface area (Å²) >= 11 is 0. The van der Waals surface area contributed by atoms with Gasteiger partial charge in [0.05, 0.1) is 0 Å². The van der Waals surface area contributed by atoms with Crippen LogP contribution in [0.2, 0.25) is 0 Å². The molecule has 4 nitrogen and oxygen atoms in total. The topological polar surface area (TPSA) is 71.5 Å². The summed E-state index contributed by atoms with van der Waals surface area (Å²) < 4.78 is 0. The lowest BCUT2D eigenvalue weighted by atomic mass is 10.1. The molecule has 0 spiro atoms. The van der Waals surface area contributed by atoms with Crippen LogP contribution in [0.15, 0.2) is 11.1 Å². The first kappa shape index (κ1) is 9.20. The standard InChI is InChI=1S/C8H12N2O2/c1-3-6-7(4-2)8(6,5-9)10(11)12/h10-11H,3-4H2,1-2H3. The summed E-state index contributed by atoms with van der Waals surface area (Å²) in [6.07, 6.45) is 1.34. The lowest BCUT2D eigenvalue weighted by Crippen LogP contribution is -3.11. The van der Waals surface area contributed by atoms with E-state index in [0.717, 1.165) is 11.1 Å². The zero-order chi connectivity index (χ0) is 9.35. The van der Waals surface area contributed by atoms with Crippen LogP contribution in [0.25, 0.3) is 0 Å². The smallest absolute Gasteiger partial charge is 0.258 e. The molecular weight excluding hydrogens is 156 g/mol. The predicted octanol–water partition coefficient (Wildman–Crippen LogP) is 0.151. The van der Waals surface area contributed by atoms with Gasteiger partial charge in [0.15, 0.2) is 0 Å². The third kappa shape index (κ3) is 0.879. The Labute approximate surface area is 71.2 Å². The van der Waals surface area contributed by atoms with Crippen molar-refractivity contribution in [1.82, 2.24) is 0 Å².